The van der Waals surface area contributed by atoms with Crippen molar-refractivity contribution in [2.45, 2.75) is 51.5 Å². The molecule has 0 radical (unpaired) electrons. The summed E-state index contributed by atoms with van der Waals surface area (Å²) in [5, 5.41) is 3.71. The minimum atomic E-state index is 0.0853. The molecule has 0 spiro atoms. The Hall–Kier alpha value is -2.53. The number of carbonyl (C=O) groups excluding carboxylic acids is 2. The van der Waals surface area contributed by atoms with Gasteiger partial charge in [0, 0.05) is 32.0 Å². The molecule has 0 aromatic heterocycles. The van der Waals surface area contributed by atoms with E-state index in [4.69, 9.17) is 16.3 Å². The first-order valence-electron chi connectivity index (χ1n) is 11.0. The topological polar surface area (TPSA) is 58.6 Å². The van der Waals surface area contributed by atoms with Crippen molar-refractivity contribution in [1.29, 1.82) is 0 Å². The van der Waals surface area contributed by atoms with E-state index < -0.39 is 0 Å². The summed E-state index contributed by atoms with van der Waals surface area (Å²) in [6, 6.07) is 15.8. The van der Waals surface area contributed by atoms with E-state index in [-0.39, 0.29) is 17.9 Å². The van der Waals surface area contributed by atoms with Gasteiger partial charge in [-0.1, -0.05) is 53.6 Å². The largest absolute Gasteiger partial charge is 0.492 e. The monoisotopic (exact) mass is 442 g/mol. The average molecular weight is 443 g/mol. The molecule has 0 atom stereocenters. The van der Waals surface area contributed by atoms with Crippen LogP contribution in [0, 0.1) is 6.92 Å². The third kappa shape index (κ3) is 7.59. The summed E-state index contributed by atoms with van der Waals surface area (Å²) in [5.74, 6) is 0.879. The minimum absolute atomic E-state index is 0.0853. The van der Waals surface area contributed by atoms with Crippen molar-refractivity contribution in [2.75, 3.05) is 19.7 Å². The highest BCUT2D eigenvalue weighted by Crippen LogP contribution is 2.23. The van der Waals surface area contributed by atoms with E-state index >= 15 is 0 Å². The van der Waals surface area contributed by atoms with Crippen molar-refractivity contribution in [3.05, 3.63) is 64.7 Å². The predicted molar refractivity (Wildman–Crippen MR) is 123 cm³/mol. The molecule has 1 N–H and O–H groups in total. The van der Waals surface area contributed by atoms with Gasteiger partial charge in [-0.2, -0.15) is 0 Å². The van der Waals surface area contributed by atoms with Crippen LogP contribution < -0.4 is 10.1 Å². The SMILES string of the molecule is Cc1ccc(CCC(=O)NC2CCN(C(=O)CCCOc3ccccc3Cl)CC2)cc1. The first-order valence-corrected chi connectivity index (χ1v) is 11.4. The molecule has 1 heterocycles. The quantitative estimate of drug-likeness (QED) is 0.579. The summed E-state index contributed by atoms with van der Waals surface area (Å²) >= 11 is 6.06. The van der Waals surface area contributed by atoms with Gasteiger partial charge in [-0.3, -0.25) is 9.59 Å². The van der Waals surface area contributed by atoms with E-state index in [0.29, 0.717) is 49.7 Å². The molecule has 6 heteroatoms. The van der Waals surface area contributed by atoms with Crippen LogP contribution in [-0.2, 0) is 16.0 Å². The van der Waals surface area contributed by atoms with E-state index in [1.54, 1.807) is 6.07 Å². The van der Waals surface area contributed by atoms with Crippen molar-refractivity contribution in [3.8, 4) is 5.75 Å². The van der Waals surface area contributed by atoms with Gasteiger partial charge in [-0.25, -0.2) is 0 Å². The maximum Gasteiger partial charge on any atom is 0.222 e. The highest BCUT2D eigenvalue weighted by Gasteiger charge is 2.23. The molecule has 0 aliphatic carbocycles. The number of hydrogen-bond donors (Lipinski definition) is 1. The lowest BCUT2D eigenvalue weighted by atomic mass is 10.0. The molecule has 0 saturated carbocycles. The lowest BCUT2D eigenvalue weighted by Crippen LogP contribution is -2.46. The Morgan fingerprint density at radius 3 is 2.48 bits per heavy atom. The number of nitrogens with one attached hydrogen (secondary N) is 1. The first kappa shape index (κ1) is 23.1. The number of halogens is 1. The van der Waals surface area contributed by atoms with Crippen molar-refractivity contribution in [3.63, 3.8) is 0 Å². The minimum Gasteiger partial charge on any atom is -0.492 e. The van der Waals surface area contributed by atoms with Gasteiger partial charge in [-0.15, -0.1) is 0 Å². The van der Waals surface area contributed by atoms with E-state index in [0.717, 1.165) is 19.3 Å². The van der Waals surface area contributed by atoms with E-state index in [1.807, 2.05) is 23.1 Å². The van der Waals surface area contributed by atoms with Gasteiger partial charge in [-0.05, 0) is 50.3 Å². The Bertz CT molecular complexity index is 861. The van der Waals surface area contributed by atoms with Crippen LogP contribution in [0.25, 0.3) is 0 Å². The van der Waals surface area contributed by atoms with Crippen LogP contribution in [-0.4, -0.2) is 42.5 Å². The van der Waals surface area contributed by atoms with Crippen molar-refractivity contribution >= 4 is 23.4 Å². The molecular weight excluding hydrogens is 412 g/mol. The number of carbonyl (C=O) groups is 2. The number of rotatable bonds is 9. The van der Waals surface area contributed by atoms with Gasteiger partial charge in [0.15, 0.2) is 0 Å². The number of aryl methyl sites for hydroxylation is 2. The number of piperidine rings is 1. The lowest BCUT2D eigenvalue weighted by Gasteiger charge is -2.32. The van der Waals surface area contributed by atoms with Crippen LogP contribution in [0.4, 0.5) is 0 Å². The summed E-state index contributed by atoms with van der Waals surface area (Å²) < 4.78 is 5.65. The van der Waals surface area contributed by atoms with E-state index in [2.05, 4.69) is 36.5 Å². The summed E-state index contributed by atoms with van der Waals surface area (Å²) in [7, 11) is 0. The number of para-hydroxylation sites is 1. The van der Waals surface area contributed by atoms with E-state index in [1.165, 1.54) is 11.1 Å². The third-order valence-electron chi connectivity index (χ3n) is 5.60. The highest BCUT2D eigenvalue weighted by atomic mass is 35.5. The molecule has 1 aliphatic rings. The normalized spacial score (nSPS) is 14.3. The van der Waals surface area contributed by atoms with E-state index in [9.17, 15) is 9.59 Å². The first-order chi connectivity index (χ1) is 15.0. The summed E-state index contributed by atoms with van der Waals surface area (Å²) in [4.78, 5) is 26.6. The van der Waals surface area contributed by atoms with Crippen molar-refractivity contribution in [1.82, 2.24) is 10.2 Å². The second-order valence-electron chi connectivity index (χ2n) is 8.09. The molecule has 5 nitrogen and oxygen atoms in total. The third-order valence-corrected chi connectivity index (χ3v) is 5.92. The Morgan fingerprint density at radius 2 is 1.77 bits per heavy atom. The Labute approximate surface area is 189 Å². The summed E-state index contributed by atoms with van der Waals surface area (Å²) in [6.07, 6.45) is 3.96. The van der Waals surface area contributed by atoms with Crippen LogP contribution in [0.15, 0.2) is 48.5 Å². The lowest BCUT2D eigenvalue weighted by molar-refractivity contribution is -0.132. The molecular formula is C25H31ClN2O3. The number of amides is 2. The molecule has 1 fully saturated rings. The zero-order valence-electron chi connectivity index (χ0n) is 18.1. The number of hydrogen-bond acceptors (Lipinski definition) is 3. The molecule has 0 bridgehead atoms. The molecule has 2 aromatic rings. The Morgan fingerprint density at radius 1 is 1.06 bits per heavy atom. The van der Waals surface area contributed by atoms with Gasteiger partial charge in [0.25, 0.3) is 0 Å². The molecule has 2 aromatic carbocycles. The molecule has 3 rings (SSSR count). The highest BCUT2D eigenvalue weighted by molar-refractivity contribution is 6.32. The number of ether oxygens (including phenoxy) is 1. The number of likely N-dealkylation sites (tertiary alicyclic amines) is 1. The summed E-state index contributed by atoms with van der Waals surface area (Å²) in [6.45, 7) is 3.89. The maximum atomic E-state index is 12.4. The fourth-order valence-corrected chi connectivity index (χ4v) is 3.90. The van der Waals surface area contributed by atoms with Crippen LogP contribution >= 0.6 is 11.6 Å². The fourth-order valence-electron chi connectivity index (χ4n) is 3.71. The standard InChI is InChI=1S/C25H31ClN2O3/c1-19-8-10-20(11-9-19)12-13-24(29)27-21-14-16-28(17-15-21)25(30)7-4-18-31-23-6-3-2-5-22(23)26/h2-3,5-6,8-11,21H,4,7,12-18H2,1H3,(H,27,29). The zero-order valence-corrected chi connectivity index (χ0v) is 18.9. The predicted octanol–water partition coefficient (Wildman–Crippen LogP) is 4.55. The molecule has 31 heavy (non-hydrogen) atoms. The summed E-state index contributed by atoms with van der Waals surface area (Å²) in [5.41, 5.74) is 2.40. The number of benzene rings is 2. The molecule has 1 saturated heterocycles. The molecule has 166 valence electrons. The van der Waals surface area contributed by atoms with Crippen molar-refractivity contribution < 1.29 is 14.3 Å². The van der Waals surface area contributed by atoms with Gasteiger partial charge >= 0.3 is 0 Å². The van der Waals surface area contributed by atoms with Crippen LogP contribution in [0.5, 0.6) is 5.75 Å². The second-order valence-corrected chi connectivity index (χ2v) is 8.50. The maximum absolute atomic E-state index is 12.4. The van der Waals surface area contributed by atoms with Gasteiger partial charge in [0.1, 0.15) is 5.75 Å². The Balaban J connectivity index is 1.29. The average Bonchev–Trinajstić information content (AvgIpc) is 2.78. The van der Waals surface area contributed by atoms with Gasteiger partial charge in [0.2, 0.25) is 11.8 Å². The molecule has 1 aliphatic heterocycles. The zero-order chi connectivity index (χ0) is 22.1. The van der Waals surface area contributed by atoms with Crippen LogP contribution in [0.3, 0.4) is 0 Å². The van der Waals surface area contributed by atoms with Crippen LogP contribution in [0.2, 0.25) is 5.02 Å². The molecule has 0 unspecified atom stereocenters. The second kappa shape index (κ2) is 11.8. The fraction of sp³-hybridized carbons (Fsp3) is 0.440. The smallest absolute Gasteiger partial charge is 0.222 e. The molecule has 2 amide bonds. The number of nitrogens with zero attached hydrogens (tertiary/aromatic N) is 1. The van der Waals surface area contributed by atoms with Crippen molar-refractivity contribution in [2.24, 2.45) is 0 Å². The van der Waals surface area contributed by atoms with Gasteiger partial charge < -0.3 is 15.0 Å². The van der Waals surface area contributed by atoms with Gasteiger partial charge in [0.05, 0.1) is 11.6 Å². The van der Waals surface area contributed by atoms with Crippen LogP contribution in [0.1, 0.15) is 43.2 Å². The Kier molecular flexibility index (Phi) is 8.77.